The van der Waals surface area contributed by atoms with Crippen LogP contribution in [0.5, 0.6) is 57.5 Å². The van der Waals surface area contributed by atoms with Crippen molar-refractivity contribution >= 4 is 35.6 Å². The van der Waals surface area contributed by atoms with Gasteiger partial charge in [-0.2, -0.15) is 10.5 Å². The van der Waals surface area contributed by atoms with E-state index in [0.717, 1.165) is 22.3 Å². The fraction of sp³-hybridized carbons (Fsp3) is 0.389. The van der Waals surface area contributed by atoms with Crippen molar-refractivity contribution in [1.29, 1.82) is 10.5 Å². The molecule has 0 radical (unpaired) electrons. The number of nitriles is 2. The number of likely N-dealkylation sites (N-methyl/N-ethyl adjacent to an activating group) is 2. The number of hydrogen-bond acceptors (Lipinski definition) is 22. The zero-order chi connectivity index (χ0) is 67.5. The number of rotatable bonds is 8. The number of benzene rings is 6. The van der Waals surface area contributed by atoms with E-state index in [-0.39, 0.29) is 50.3 Å². The third-order valence-electron chi connectivity index (χ3n) is 21.5. The van der Waals surface area contributed by atoms with E-state index in [1.165, 1.54) is 37.9 Å². The van der Waals surface area contributed by atoms with Gasteiger partial charge in [-0.1, -0.05) is 36.4 Å². The second kappa shape index (κ2) is 22.7. The number of ether oxygens (including phenoxy) is 8. The number of phenols is 2. The number of aryl methyl sites for hydroxylation is 2. The van der Waals surface area contributed by atoms with E-state index >= 15 is 0 Å². The molecule has 2 saturated heterocycles. The SMILES string of the molecule is COc1c(C)cc2c(c1O)[C@@H]1C3Cc4c(OC(C)=O)c(C)c5c(c4[C@H](CN4C(=O)c6ccccc6C4=O)N3C(C#N)[C@H](C2)N1C)OCO5.COc1c(C)cc2c(c1O)[C@@H]1C3Cc4c(OC(C)=O)c(C)c5c(c4[C@H](CN4C(=O)c6ccccc6C4=O)N3C(C#N)[C@H](C2)N1C)OCO5. The molecule has 10 aliphatic heterocycles. The summed E-state index contributed by atoms with van der Waals surface area (Å²) in [6, 6.07) is 17.4. The van der Waals surface area contributed by atoms with Gasteiger partial charge in [0.1, 0.15) is 23.6 Å². The Hall–Kier alpha value is -10.2. The van der Waals surface area contributed by atoms with Crippen molar-refractivity contribution in [2.75, 3.05) is 55.0 Å². The summed E-state index contributed by atoms with van der Waals surface area (Å²) in [6.45, 7) is 9.71. The molecule has 0 aliphatic carbocycles. The Morgan fingerprint density at radius 3 is 1.19 bits per heavy atom. The molecule has 2 fully saturated rings. The molecule has 4 amide bonds. The molecule has 492 valence electrons. The first-order valence-electron chi connectivity index (χ1n) is 31.9. The average molecular weight is 1300 g/mol. The molecule has 6 aromatic carbocycles. The molecule has 96 heavy (non-hydrogen) atoms. The molecule has 10 aliphatic rings. The van der Waals surface area contributed by atoms with Crippen LogP contribution in [0.25, 0.3) is 0 Å². The summed E-state index contributed by atoms with van der Waals surface area (Å²) in [4.78, 5) is 91.2. The number of esters is 2. The fourth-order valence-electron chi connectivity index (χ4n) is 17.7. The fourth-order valence-corrected chi connectivity index (χ4v) is 17.7. The van der Waals surface area contributed by atoms with Gasteiger partial charge in [-0.05, 0) is 114 Å². The van der Waals surface area contributed by atoms with Crippen LogP contribution in [0.2, 0.25) is 0 Å². The van der Waals surface area contributed by atoms with E-state index in [2.05, 4.69) is 31.7 Å². The molecule has 2 N–H and O–H groups in total. The van der Waals surface area contributed by atoms with Gasteiger partial charge in [0.2, 0.25) is 13.6 Å². The van der Waals surface area contributed by atoms with E-state index in [1.54, 1.807) is 62.4 Å². The van der Waals surface area contributed by atoms with Crippen LogP contribution in [0.4, 0.5) is 0 Å². The Morgan fingerprint density at radius 2 is 0.865 bits per heavy atom. The highest BCUT2D eigenvalue weighted by Crippen LogP contribution is 2.62. The zero-order valence-electron chi connectivity index (χ0n) is 54.4. The number of piperazine rings is 2. The van der Waals surface area contributed by atoms with Crippen molar-refractivity contribution in [3.8, 4) is 69.6 Å². The lowest BCUT2D eigenvalue weighted by molar-refractivity contribution is -0.133. The monoisotopic (exact) mass is 1300 g/mol. The van der Waals surface area contributed by atoms with Crippen molar-refractivity contribution in [1.82, 2.24) is 29.4 Å². The molecule has 6 aromatic rings. The van der Waals surface area contributed by atoms with Gasteiger partial charge in [0.15, 0.2) is 46.0 Å². The molecule has 16 rings (SSSR count). The molecule has 24 heteroatoms. The Bertz CT molecular complexity index is 4220. The first-order valence-corrected chi connectivity index (χ1v) is 31.9. The number of carbonyl (C=O) groups excluding carboxylic acids is 6. The summed E-state index contributed by atoms with van der Waals surface area (Å²) < 4.78 is 47.1. The number of imide groups is 2. The van der Waals surface area contributed by atoms with Gasteiger partial charge in [-0.3, -0.25) is 58.2 Å². The number of fused-ring (bicyclic) bond motifs is 20. The maximum atomic E-state index is 13.8. The van der Waals surface area contributed by atoms with Crippen molar-refractivity contribution in [2.24, 2.45) is 0 Å². The first kappa shape index (κ1) is 61.9. The summed E-state index contributed by atoms with van der Waals surface area (Å²) in [5, 5.41) is 45.3. The third-order valence-corrected chi connectivity index (χ3v) is 21.5. The minimum atomic E-state index is -0.745. The van der Waals surface area contributed by atoms with Crippen molar-refractivity contribution in [3.63, 3.8) is 0 Å². The quantitative estimate of drug-likeness (QED) is 0.0848. The molecule has 24 nitrogen and oxygen atoms in total. The smallest absolute Gasteiger partial charge is 0.308 e. The molecule has 0 spiro atoms. The van der Waals surface area contributed by atoms with Crippen LogP contribution in [0, 0.1) is 50.4 Å². The number of phenolic OH excluding ortho intramolecular Hbond substituents is 2. The molecule has 0 saturated carbocycles. The van der Waals surface area contributed by atoms with Crippen molar-refractivity contribution in [3.05, 3.63) is 150 Å². The lowest BCUT2D eigenvalue weighted by Gasteiger charge is -2.60. The summed E-state index contributed by atoms with van der Waals surface area (Å²) in [5.74, 6) is 0.499. The van der Waals surface area contributed by atoms with Crippen LogP contribution in [-0.4, -0.2) is 166 Å². The first-order chi connectivity index (χ1) is 46.1. The van der Waals surface area contributed by atoms with Crippen LogP contribution in [0.3, 0.4) is 0 Å². The Balaban J connectivity index is 0.000000158. The Kier molecular flexibility index (Phi) is 14.7. The Morgan fingerprint density at radius 1 is 0.521 bits per heavy atom. The number of methoxy groups -OCH3 is 2. The topological polar surface area (TPSA) is 284 Å². The predicted molar refractivity (Wildman–Crippen MR) is 339 cm³/mol. The second-order valence-electron chi connectivity index (χ2n) is 26.2. The number of amides is 4. The maximum Gasteiger partial charge on any atom is 0.308 e. The average Bonchev–Trinajstić information content (AvgIpc) is 0.917. The van der Waals surface area contributed by atoms with E-state index < -0.39 is 83.9 Å². The van der Waals surface area contributed by atoms with Gasteiger partial charge < -0.3 is 48.1 Å². The van der Waals surface area contributed by atoms with E-state index in [0.29, 0.717) is 138 Å². The van der Waals surface area contributed by atoms with Gasteiger partial charge in [0.25, 0.3) is 23.6 Å². The lowest BCUT2D eigenvalue weighted by Crippen LogP contribution is -2.68. The molecule has 4 unspecified atom stereocenters. The molecular formula is C72H68N8O16. The van der Waals surface area contributed by atoms with Gasteiger partial charge in [0.05, 0.1) is 72.8 Å². The van der Waals surface area contributed by atoms with Crippen molar-refractivity contribution in [2.45, 2.75) is 128 Å². The highest BCUT2D eigenvalue weighted by molar-refractivity contribution is 6.22. The minimum absolute atomic E-state index is 0.0444. The second-order valence-corrected chi connectivity index (χ2v) is 26.2. The standard InChI is InChI=1S/2C36H34N4O8/c2*1-16-10-19-11-23-25(13-37)40-24(29(38(23)4)27(19)30(42)31(16)45-5)12-22-28(34-33(46-15-47-34)17(2)32(22)48-18(3)41)26(40)14-39-35(43)20-8-6-7-9-21(20)36(39)44/h2*6-10,23-26,29,42H,11-12,14-15H2,1-5H3/t2*23-,24?,25?,26-,29-/m00/s1. The highest BCUT2D eigenvalue weighted by Gasteiger charge is 2.60. The lowest BCUT2D eigenvalue weighted by atomic mass is 9.71. The maximum absolute atomic E-state index is 13.8. The van der Waals surface area contributed by atoms with Gasteiger partial charge in [-0.15, -0.1) is 0 Å². The summed E-state index contributed by atoms with van der Waals surface area (Å²) >= 11 is 0. The third kappa shape index (κ3) is 8.77. The molecular weight excluding hydrogens is 1230 g/mol. The van der Waals surface area contributed by atoms with E-state index in [9.17, 15) is 49.5 Å². The van der Waals surface area contributed by atoms with E-state index in [1.807, 2.05) is 40.1 Å². The molecule has 0 aromatic heterocycles. The number of carbonyl (C=O) groups is 6. The van der Waals surface area contributed by atoms with Crippen LogP contribution in [0.15, 0.2) is 60.7 Å². The molecule has 10 atom stereocenters. The molecule has 4 bridgehead atoms. The number of hydrogen-bond donors (Lipinski definition) is 2. The van der Waals surface area contributed by atoms with Gasteiger partial charge >= 0.3 is 11.9 Å². The zero-order valence-corrected chi connectivity index (χ0v) is 54.4. The van der Waals surface area contributed by atoms with Crippen LogP contribution >= 0.6 is 0 Å². The predicted octanol–water partition coefficient (Wildman–Crippen LogP) is 7.48. The normalized spacial score (nSPS) is 25.2. The Labute approximate surface area is 552 Å². The highest BCUT2D eigenvalue weighted by atomic mass is 16.7. The summed E-state index contributed by atoms with van der Waals surface area (Å²) in [6.07, 6.45) is 1.59. The van der Waals surface area contributed by atoms with Crippen molar-refractivity contribution < 1.29 is 76.9 Å². The summed E-state index contributed by atoms with van der Waals surface area (Å²) in [5.41, 5.74) is 9.89. The largest absolute Gasteiger partial charge is 0.504 e. The minimum Gasteiger partial charge on any atom is -0.504 e. The van der Waals surface area contributed by atoms with Crippen LogP contribution < -0.4 is 37.9 Å². The van der Waals surface area contributed by atoms with Gasteiger partial charge in [-0.25, -0.2) is 0 Å². The van der Waals surface area contributed by atoms with E-state index in [4.69, 9.17) is 37.9 Å². The number of aromatic hydroxyl groups is 2. The summed E-state index contributed by atoms with van der Waals surface area (Å²) in [7, 11) is 6.96. The van der Waals surface area contributed by atoms with Crippen LogP contribution in [-0.2, 0) is 35.3 Å². The number of nitrogens with zero attached hydrogens (tertiary/aromatic N) is 8. The van der Waals surface area contributed by atoms with Gasteiger partial charge in [0, 0.05) is 95.6 Å². The van der Waals surface area contributed by atoms with Crippen LogP contribution in [0.1, 0.15) is 146 Å². The molecule has 10 heterocycles.